The molecule has 0 amide bonds. The third-order valence-corrected chi connectivity index (χ3v) is 3.19. The molecule has 3 heteroatoms. The van der Waals surface area contributed by atoms with Crippen LogP contribution in [0.3, 0.4) is 0 Å². The van der Waals surface area contributed by atoms with E-state index in [1.54, 1.807) is 0 Å². The molecular formula is C17H15BrO2. The van der Waals surface area contributed by atoms with E-state index in [0.29, 0.717) is 13.2 Å². The number of aliphatic hydroxyl groups excluding tert-OH is 1. The van der Waals surface area contributed by atoms with Gasteiger partial charge in [0.2, 0.25) is 0 Å². The van der Waals surface area contributed by atoms with Gasteiger partial charge >= 0.3 is 0 Å². The number of halogens is 1. The van der Waals surface area contributed by atoms with Gasteiger partial charge < -0.3 is 9.84 Å². The second kappa shape index (κ2) is 7.86. The van der Waals surface area contributed by atoms with Crippen LogP contribution in [0.2, 0.25) is 0 Å². The normalized spacial score (nSPS) is 9.90. The molecule has 1 N–H and O–H groups in total. The maximum Gasteiger partial charge on any atom is 0.104 e. The Balaban J connectivity index is 1.85. The standard InChI is InChI=1S/C17H15BrO2/c18-17-5-1-3-16(11-17)13-20-12-15-8-6-14(7-9-15)4-2-10-19/h1,3,5-9,11,19H,10,12-13H2. The number of aliphatic hydroxyl groups is 1. The lowest BCUT2D eigenvalue weighted by Crippen LogP contribution is -1.94. The van der Waals surface area contributed by atoms with Crippen molar-refractivity contribution in [1.82, 2.24) is 0 Å². The zero-order valence-corrected chi connectivity index (χ0v) is 12.6. The minimum Gasteiger partial charge on any atom is -0.384 e. The maximum atomic E-state index is 8.63. The lowest BCUT2D eigenvalue weighted by Gasteiger charge is -2.05. The second-order valence-electron chi connectivity index (χ2n) is 4.28. The molecule has 2 aromatic carbocycles. The first-order valence-corrected chi connectivity index (χ1v) is 7.08. The molecule has 2 rings (SSSR count). The van der Waals surface area contributed by atoms with E-state index in [0.717, 1.165) is 21.2 Å². The van der Waals surface area contributed by atoms with Crippen LogP contribution in [0.15, 0.2) is 53.0 Å². The number of benzene rings is 2. The van der Waals surface area contributed by atoms with Gasteiger partial charge in [0, 0.05) is 10.0 Å². The minimum absolute atomic E-state index is 0.114. The van der Waals surface area contributed by atoms with Crippen LogP contribution in [0.4, 0.5) is 0 Å². The number of ether oxygens (including phenoxy) is 1. The lowest BCUT2D eigenvalue weighted by molar-refractivity contribution is 0.107. The highest BCUT2D eigenvalue weighted by molar-refractivity contribution is 9.10. The van der Waals surface area contributed by atoms with Crippen LogP contribution >= 0.6 is 15.9 Å². The third kappa shape index (κ3) is 4.82. The van der Waals surface area contributed by atoms with Gasteiger partial charge in [-0.2, -0.15) is 0 Å². The van der Waals surface area contributed by atoms with Gasteiger partial charge in [-0.15, -0.1) is 0 Å². The SMILES string of the molecule is OCC#Cc1ccc(COCc2cccc(Br)c2)cc1. The van der Waals surface area contributed by atoms with Gasteiger partial charge in [-0.3, -0.25) is 0 Å². The van der Waals surface area contributed by atoms with Gasteiger partial charge in [-0.05, 0) is 35.4 Å². The third-order valence-electron chi connectivity index (χ3n) is 2.69. The summed E-state index contributed by atoms with van der Waals surface area (Å²) in [5, 5.41) is 8.63. The Bertz CT molecular complexity index is 609. The lowest BCUT2D eigenvalue weighted by atomic mass is 10.1. The molecule has 0 unspecified atom stereocenters. The molecule has 0 spiro atoms. The Morgan fingerprint density at radius 2 is 1.75 bits per heavy atom. The fraction of sp³-hybridized carbons (Fsp3) is 0.176. The summed E-state index contributed by atoms with van der Waals surface area (Å²) < 4.78 is 6.75. The molecule has 0 bridgehead atoms. The summed E-state index contributed by atoms with van der Waals surface area (Å²) in [7, 11) is 0. The summed E-state index contributed by atoms with van der Waals surface area (Å²) in [6.45, 7) is 1.04. The van der Waals surface area contributed by atoms with Gasteiger partial charge in [-0.25, -0.2) is 0 Å². The summed E-state index contributed by atoms with van der Waals surface area (Å²) >= 11 is 3.44. The quantitative estimate of drug-likeness (QED) is 0.869. The fourth-order valence-corrected chi connectivity index (χ4v) is 2.19. The highest BCUT2D eigenvalue weighted by Gasteiger charge is 1.96. The van der Waals surface area contributed by atoms with Crippen molar-refractivity contribution in [1.29, 1.82) is 0 Å². The first kappa shape index (κ1) is 14.8. The van der Waals surface area contributed by atoms with E-state index in [1.165, 1.54) is 0 Å². The second-order valence-corrected chi connectivity index (χ2v) is 5.20. The minimum atomic E-state index is -0.114. The smallest absolute Gasteiger partial charge is 0.104 e. The average Bonchev–Trinajstić information content (AvgIpc) is 2.46. The predicted molar refractivity (Wildman–Crippen MR) is 83.0 cm³/mol. The number of hydrogen-bond donors (Lipinski definition) is 1. The molecule has 0 aliphatic heterocycles. The molecule has 0 heterocycles. The molecule has 2 nitrogen and oxygen atoms in total. The highest BCUT2D eigenvalue weighted by Crippen LogP contribution is 2.13. The van der Waals surface area contributed by atoms with E-state index in [9.17, 15) is 0 Å². The summed E-state index contributed by atoms with van der Waals surface area (Å²) in [5.74, 6) is 5.49. The Morgan fingerprint density at radius 3 is 2.45 bits per heavy atom. The van der Waals surface area contributed by atoms with Crippen LogP contribution in [0.25, 0.3) is 0 Å². The van der Waals surface area contributed by atoms with Crippen molar-refractivity contribution in [2.24, 2.45) is 0 Å². The summed E-state index contributed by atoms with van der Waals surface area (Å²) in [6.07, 6.45) is 0. The molecule has 0 atom stereocenters. The van der Waals surface area contributed by atoms with Gasteiger partial charge in [0.05, 0.1) is 13.2 Å². The van der Waals surface area contributed by atoms with Gasteiger partial charge in [0.1, 0.15) is 6.61 Å². The van der Waals surface area contributed by atoms with E-state index < -0.39 is 0 Å². The van der Waals surface area contributed by atoms with Crippen molar-refractivity contribution in [3.63, 3.8) is 0 Å². The van der Waals surface area contributed by atoms with Crippen molar-refractivity contribution in [2.75, 3.05) is 6.61 Å². The number of rotatable bonds is 4. The van der Waals surface area contributed by atoms with Crippen LogP contribution in [0.5, 0.6) is 0 Å². The van der Waals surface area contributed by atoms with E-state index in [1.807, 2.05) is 48.5 Å². The Labute approximate surface area is 127 Å². The first-order chi connectivity index (χ1) is 9.78. The molecule has 0 aliphatic carbocycles. The fourth-order valence-electron chi connectivity index (χ4n) is 1.74. The molecule has 2 aromatic rings. The largest absolute Gasteiger partial charge is 0.384 e. The van der Waals surface area contributed by atoms with Gasteiger partial charge in [-0.1, -0.05) is 52.0 Å². The Morgan fingerprint density at radius 1 is 1.00 bits per heavy atom. The summed E-state index contributed by atoms with van der Waals surface area (Å²) in [6, 6.07) is 15.9. The molecule has 0 saturated heterocycles. The number of hydrogen-bond acceptors (Lipinski definition) is 2. The molecule has 0 radical (unpaired) electrons. The molecule has 0 fully saturated rings. The van der Waals surface area contributed by atoms with Crippen molar-refractivity contribution in [3.8, 4) is 11.8 Å². The molecular weight excluding hydrogens is 316 g/mol. The Hall–Kier alpha value is -1.60. The molecule has 0 aromatic heterocycles. The van der Waals surface area contributed by atoms with E-state index in [2.05, 4.69) is 27.8 Å². The molecule has 20 heavy (non-hydrogen) atoms. The van der Waals surface area contributed by atoms with Crippen molar-refractivity contribution >= 4 is 15.9 Å². The monoisotopic (exact) mass is 330 g/mol. The van der Waals surface area contributed by atoms with Crippen LogP contribution in [-0.2, 0) is 18.0 Å². The molecule has 0 saturated carbocycles. The summed E-state index contributed by atoms with van der Waals surface area (Å²) in [5.41, 5.74) is 3.15. The zero-order chi connectivity index (χ0) is 14.2. The van der Waals surface area contributed by atoms with Crippen molar-refractivity contribution < 1.29 is 9.84 Å². The van der Waals surface area contributed by atoms with Crippen LogP contribution < -0.4 is 0 Å². The van der Waals surface area contributed by atoms with Crippen molar-refractivity contribution in [3.05, 3.63) is 69.7 Å². The van der Waals surface area contributed by atoms with Gasteiger partial charge in [0.15, 0.2) is 0 Å². The predicted octanol–water partition coefficient (Wildman–Crippen LogP) is 3.51. The zero-order valence-electron chi connectivity index (χ0n) is 11.0. The van der Waals surface area contributed by atoms with E-state index in [-0.39, 0.29) is 6.61 Å². The van der Waals surface area contributed by atoms with Crippen LogP contribution in [0.1, 0.15) is 16.7 Å². The average molecular weight is 331 g/mol. The highest BCUT2D eigenvalue weighted by atomic mass is 79.9. The van der Waals surface area contributed by atoms with Crippen LogP contribution in [-0.4, -0.2) is 11.7 Å². The topological polar surface area (TPSA) is 29.5 Å². The summed E-state index contributed by atoms with van der Waals surface area (Å²) in [4.78, 5) is 0. The Kier molecular flexibility index (Phi) is 5.82. The molecule has 0 aliphatic rings. The van der Waals surface area contributed by atoms with E-state index >= 15 is 0 Å². The maximum absolute atomic E-state index is 8.63. The first-order valence-electron chi connectivity index (χ1n) is 6.29. The van der Waals surface area contributed by atoms with Crippen LogP contribution in [0, 0.1) is 11.8 Å². The van der Waals surface area contributed by atoms with E-state index in [4.69, 9.17) is 9.84 Å². The molecule has 102 valence electrons. The van der Waals surface area contributed by atoms with Gasteiger partial charge in [0.25, 0.3) is 0 Å². The van der Waals surface area contributed by atoms with Crippen molar-refractivity contribution in [2.45, 2.75) is 13.2 Å².